The standard InChI is InChI=1S/C21H24N6O2/c1-6-9-25-19(28)17-18(24(5)21(25)29)22-20-26(17)11-15(4)23-27(20)12-16-10-13(2)7-8-14(16)3/h6-8,10H,1,9,11-12H2,2-5H3. The zero-order valence-corrected chi connectivity index (χ0v) is 17.1. The van der Waals surface area contributed by atoms with E-state index < -0.39 is 5.69 Å². The van der Waals surface area contributed by atoms with Crippen LogP contribution in [0.25, 0.3) is 11.2 Å². The number of hydrogen-bond donors (Lipinski definition) is 0. The molecule has 0 fully saturated rings. The van der Waals surface area contributed by atoms with Crippen LogP contribution in [0.3, 0.4) is 0 Å². The van der Waals surface area contributed by atoms with Gasteiger partial charge in [0.25, 0.3) is 5.56 Å². The molecule has 0 atom stereocenters. The number of aromatic nitrogens is 4. The Morgan fingerprint density at radius 2 is 1.97 bits per heavy atom. The van der Waals surface area contributed by atoms with E-state index in [9.17, 15) is 9.59 Å². The summed E-state index contributed by atoms with van der Waals surface area (Å²) in [4.78, 5) is 30.3. The van der Waals surface area contributed by atoms with Gasteiger partial charge in [-0.1, -0.05) is 29.8 Å². The van der Waals surface area contributed by atoms with Gasteiger partial charge in [0, 0.05) is 13.6 Å². The summed E-state index contributed by atoms with van der Waals surface area (Å²) in [6.45, 7) is 10.8. The Hall–Kier alpha value is -3.42. The zero-order chi connectivity index (χ0) is 20.9. The fraction of sp³-hybridized carbons (Fsp3) is 0.333. The molecule has 0 aliphatic carbocycles. The topological polar surface area (TPSA) is 77.4 Å². The molecule has 4 rings (SSSR count). The van der Waals surface area contributed by atoms with Crippen LogP contribution in [0.15, 0.2) is 45.5 Å². The van der Waals surface area contributed by atoms with Crippen molar-refractivity contribution in [2.45, 2.75) is 40.4 Å². The van der Waals surface area contributed by atoms with E-state index in [0.717, 1.165) is 16.8 Å². The van der Waals surface area contributed by atoms with Gasteiger partial charge in [0.05, 0.1) is 18.8 Å². The van der Waals surface area contributed by atoms with Gasteiger partial charge in [-0.15, -0.1) is 6.58 Å². The number of nitrogens with zero attached hydrogens (tertiary/aromatic N) is 6. The number of aryl methyl sites for hydroxylation is 3. The lowest BCUT2D eigenvalue weighted by molar-refractivity contribution is 0.663. The van der Waals surface area contributed by atoms with Gasteiger partial charge in [0.15, 0.2) is 11.2 Å². The number of fused-ring (bicyclic) bond motifs is 3. The molecule has 1 aliphatic rings. The van der Waals surface area contributed by atoms with Gasteiger partial charge in [-0.3, -0.25) is 18.5 Å². The van der Waals surface area contributed by atoms with Crippen molar-refractivity contribution < 1.29 is 0 Å². The van der Waals surface area contributed by atoms with Crippen molar-refractivity contribution in [2.24, 2.45) is 12.1 Å². The quantitative estimate of drug-likeness (QED) is 0.637. The summed E-state index contributed by atoms with van der Waals surface area (Å²) in [5, 5.41) is 6.49. The van der Waals surface area contributed by atoms with Crippen molar-refractivity contribution in [3.63, 3.8) is 0 Å². The second-order valence-corrected chi connectivity index (χ2v) is 7.54. The third kappa shape index (κ3) is 3.00. The second-order valence-electron chi connectivity index (χ2n) is 7.54. The van der Waals surface area contributed by atoms with E-state index in [0.29, 0.717) is 30.2 Å². The molecule has 0 spiro atoms. The molecule has 29 heavy (non-hydrogen) atoms. The number of rotatable bonds is 4. The molecule has 0 radical (unpaired) electrons. The molecule has 0 N–H and O–H groups in total. The Bertz CT molecular complexity index is 1290. The number of benzene rings is 1. The van der Waals surface area contributed by atoms with Crippen molar-refractivity contribution in [3.05, 3.63) is 68.4 Å². The van der Waals surface area contributed by atoms with Crippen LogP contribution in [0.2, 0.25) is 0 Å². The van der Waals surface area contributed by atoms with Gasteiger partial charge in [0.2, 0.25) is 5.95 Å². The molecule has 3 aromatic rings. The maximum absolute atomic E-state index is 13.1. The molecular formula is C21H24N6O2. The van der Waals surface area contributed by atoms with E-state index in [1.807, 2.05) is 16.5 Å². The Labute approximate surface area is 168 Å². The lowest BCUT2D eigenvalue weighted by Crippen LogP contribution is -2.39. The molecule has 0 amide bonds. The Kier molecular flexibility index (Phi) is 4.49. The molecule has 3 heterocycles. The molecule has 1 aliphatic heterocycles. The number of allylic oxidation sites excluding steroid dienone is 1. The lowest BCUT2D eigenvalue weighted by atomic mass is 10.1. The normalized spacial score (nSPS) is 13.5. The number of hydrogen-bond acceptors (Lipinski definition) is 5. The summed E-state index contributed by atoms with van der Waals surface area (Å²) >= 11 is 0. The van der Waals surface area contributed by atoms with Crippen LogP contribution in [-0.2, 0) is 26.7 Å². The van der Waals surface area contributed by atoms with E-state index in [-0.39, 0.29) is 12.1 Å². The average molecular weight is 392 g/mol. The van der Waals surface area contributed by atoms with Crippen molar-refractivity contribution in [1.29, 1.82) is 0 Å². The number of hydrazone groups is 1. The van der Waals surface area contributed by atoms with Crippen LogP contribution in [0.1, 0.15) is 23.6 Å². The van der Waals surface area contributed by atoms with Gasteiger partial charge in [-0.2, -0.15) is 10.1 Å². The summed E-state index contributed by atoms with van der Waals surface area (Å²) < 4.78 is 4.45. The maximum atomic E-state index is 13.1. The van der Waals surface area contributed by atoms with E-state index in [1.54, 1.807) is 13.1 Å². The van der Waals surface area contributed by atoms with Crippen LogP contribution in [0, 0.1) is 13.8 Å². The minimum Gasteiger partial charge on any atom is -0.297 e. The Balaban J connectivity index is 1.93. The SMILES string of the molecule is C=CCn1c(=O)c2c(nc3n2CC(C)=NN3Cc2cc(C)ccc2C)n(C)c1=O. The minimum absolute atomic E-state index is 0.154. The van der Waals surface area contributed by atoms with Crippen molar-refractivity contribution in [3.8, 4) is 0 Å². The monoisotopic (exact) mass is 392 g/mol. The molecule has 2 aromatic heterocycles. The molecule has 1 aromatic carbocycles. The average Bonchev–Trinajstić information content (AvgIpc) is 3.06. The van der Waals surface area contributed by atoms with E-state index >= 15 is 0 Å². The van der Waals surface area contributed by atoms with E-state index in [2.05, 4.69) is 48.7 Å². The maximum Gasteiger partial charge on any atom is 0.332 e. The molecule has 8 heteroatoms. The van der Waals surface area contributed by atoms with Gasteiger partial charge in [0.1, 0.15) is 0 Å². The summed E-state index contributed by atoms with van der Waals surface area (Å²) in [5.41, 5.74) is 4.35. The predicted octanol–water partition coefficient (Wildman–Crippen LogP) is 2.10. The fourth-order valence-corrected chi connectivity index (χ4v) is 3.75. The van der Waals surface area contributed by atoms with Gasteiger partial charge in [-0.25, -0.2) is 9.80 Å². The molecule has 0 saturated carbocycles. The van der Waals surface area contributed by atoms with Gasteiger partial charge in [-0.05, 0) is 31.9 Å². The molecule has 8 nitrogen and oxygen atoms in total. The van der Waals surface area contributed by atoms with Crippen LogP contribution < -0.4 is 16.3 Å². The summed E-state index contributed by atoms with van der Waals surface area (Å²) in [5.74, 6) is 0.565. The third-order valence-electron chi connectivity index (χ3n) is 5.26. The van der Waals surface area contributed by atoms with Crippen LogP contribution >= 0.6 is 0 Å². The van der Waals surface area contributed by atoms with Crippen LogP contribution in [-0.4, -0.2) is 24.4 Å². The first-order valence-corrected chi connectivity index (χ1v) is 9.50. The van der Waals surface area contributed by atoms with Gasteiger partial charge < -0.3 is 0 Å². The molecule has 0 saturated heterocycles. The first-order chi connectivity index (χ1) is 13.8. The highest BCUT2D eigenvalue weighted by Gasteiger charge is 2.26. The highest BCUT2D eigenvalue weighted by atomic mass is 16.2. The summed E-state index contributed by atoms with van der Waals surface area (Å²) in [7, 11) is 1.63. The summed E-state index contributed by atoms with van der Waals surface area (Å²) in [6, 6.07) is 6.30. The molecule has 0 bridgehead atoms. The first-order valence-electron chi connectivity index (χ1n) is 9.50. The first kappa shape index (κ1) is 18.9. The van der Waals surface area contributed by atoms with Crippen molar-refractivity contribution in [1.82, 2.24) is 18.7 Å². The largest absolute Gasteiger partial charge is 0.332 e. The molecule has 0 unspecified atom stereocenters. The van der Waals surface area contributed by atoms with Gasteiger partial charge >= 0.3 is 5.69 Å². The van der Waals surface area contributed by atoms with E-state index in [1.165, 1.54) is 14.7 Å². The van der Waals surface area contributed by atoms with Crippen LogP contribution in [0.4, 0.5) is 5.95 Å². The smallest absolute Gasteiger partial charge is 0.297 e. The third-order valence-corrected chi connectivity index (χ3v) is 5.26. The molecule has 150 valence electrons. The fourth-order valence-electron chi connectivity index (χ4n) is 3.75. The van der Waals surface area contributed by atoms with Crippen LogP contribution in [0.5, 0.6) is 0 Å². The number of imidazole rings is 1. The van der Waals surface area contributed by atoms with Crippen molar-refractivity contribution >= 4 is 22.8 Å². The lowest BCUT2D eigenvalue weighted by Gasteiger charge is -2.25. The highest BCUT2D eigenvalue weighted by Crippen LogP contribution is 2.26. The minimum atomic E-state index is -0.406. The predicted molar refractivity (Wildman–Crippen MR) is 115 cm³/mol. The Morgan fingerprint density at radius 1 is 1.21 bits per heavy atom. The Morgan fingerprint density at radius 3 is 2.69 bits per heavy atom. The molecular weight excluding hydrogens is 368 g/mol. The highest BCUT2D eigenvalue weighted by molar-refractivity contribution is 5.87. The second kappa shape index (κ2) is 6.88. The summed E-state index contributed by atoms with van der Waals surface area (Å²) in [6.07, 6.45) is 1.54. The zero-order valence-electron chi connectivity index (χ0n) is 17.1. The van der Waals surface area contributed by atoms with Crippen molar-refractivity contribution in [2.75, 3.05) is 5.01 Å². The number of anilines is 1. The van der Waals surface area contributed by atoms with E-state index in [4.69, 9.17) is 0 Å².